The number of rotatable bonds is 8. The van der Waals surface area contributed by atoms with Crippen LogP contribution < -0.4 is 4.90 Å². The largest absolute Gasteiger partial charge is 0.310 e. The predicted molar refractivity (Wildman–Crippen MR) is 193 cm³/mol. The highest BCUT2D eigenvalue weighted by Crippen LogP contribution is 2.41. The first kappa shape index (κ1) is 27.9. The minimum atomic E-state index is 1.11. The Balaban J connectivity index is 1.24. The molecule has 0 radical (unpaired) electrons. The van der Waals surface area contributed by atoms with Crippen molar-refractivity contribution in [2.75, 3.05) is 4.90 Å². The van der Waals surface area contributed by atoms with E-state index < -0.39 is 0 Å². The number of benzene rings is 7. The lowest BCUT2D eigenvalue weighted by molar-refractivity contribution is 1.28. The molecule has 0 heterocycles. The van der Waals surface area contributed by atoms with Crippen LogP contribution in [0.5, 0.6) is 0 Å². The number of nitrogens with zero attached hydrogens (tertiary/aromatic N) is 1. The van der Waals surface area contributed by atoms with Crippen LogP contribution in [-0.2, 0) is 0 Å². The van der Waals surface area contributed by atoms with Gasteiger partial charge in [-0.1, -0.05) is 170 Å². The summed E-state index contributed by atoms with van der Waals surface area (Å²) in [5.74, 6) is 0. The van der Waals surface area contributed by atoms with Gasteiger partial charge >= 0.3 is 0 Å². The number of anilines is 3. The summed E-state index contributed by atoms with van der Waals surface area (Å²) in [6.07, 6.45) is 4.32. The molecule has 0 unspecified atom stereocenters. The van der Waals surface area contributed by atoms with Crippen molar-refractivity contribution in [2.45, 2.75) is 0 Å². The van der Waals surface area contributed by atoms with E-state index in [-0.39, 0.29) is 0 Å². The first-order chi connectivity index (χ1) is 22.3. The summed E-state index contributed by atoms with van der Waals surface area (Å²) in [6.45, 7) is 0. The molecule has 0 saturated heterocycles. The highest BCUT2D eigenvalue weighted by molar-refractivity contribution is 5.89. The molecule has 1 heteroatoms. The van der Waals surface area contributed by atoms with E-state index >= 15 is 0 Å². The van der Waals surface area contributed by atoms with Gasteiger partial charge in [-0.3, -0.25) is 0 Å². The van der Waals surface area contributed by atoms with Crippen molar-refractivity contribution in [1.82, 2.24) is 0 Å². The second-order valence-corrected chi connectivity index (χ2v) is 11.0. The highest BCUT2D eigenvalue weighted by atomic mass is 15.1. The van der Waals surface area contributed by atoms with Crippen molar-refractivity contribution >= 4 is 29.2 Å². The molecule has 0 spiro atoms. The Morgan fingerprint density at radius 1 is 0.289 bits per heavy atom. The summed E-state index contributed by atoms with van der Waals surface area (Å²) < 4.78 is 0. The normalized spacial score (nSPS) is 11.0. The Morgan fingerprint density at radius 2 is 0.667 bits per heavy atom. The summed E-state index contributed by atoms with van der Waals surface area (Å²) in [6, 6.07) is 66.7. The van der Waals surface area contributed by atoms with Gasteiger partial charge in [-0.05, 0) is 69.3 Å². The van der Waals surface area contributed by atoms with Crippen molar-refractivity contribution in [3.63, 3.8) is 0 Å². The monoisotopic (exact) mass is 575 g/mol. The molecular formula is C44H33N. The van der Waals surface area contributed by atoms with E-state index in [0.29, 0.717) is 0 Å². The van der Waals surface area contributed by atoms with E-state index in [1.807, 2.05) is 6.07 Å². The van der Waals surface area contributed by atoms with Gasteiger partial charge < -0.3 is 4.90 Å². The Morgan fingerprint density at radius 3 is 1.22 bits per heavy atom. The quantitative estimate of drug-likeness (QED) is 0.163. The molecule has 7 aromatic carbocycles. The minimum absolute atomic E-state index is 1.11. The van der Waals surface area contributed by atoms with Gasteiger partial charge in [0.15, 0.2) is 0 Å². The lowest BCUT2D eigenvalue weighted by Gasteiger charge is -2.28. The lowest BCUT2D eigenvalue weighted by atomic mass is 9.99. The molecule has 0 aromatic heterocycles. The summed E-state index contributed by atoms with van der Waals surface area (Å²) >= 11 is 0. The average Bonchev–Trinajstić information content (AvgIpc) is 3.13. The maximum atomic E-state index is 2.36. The number of hydrogen-bond acceptors (Lipinski definition) is 1. The fraction of sp³-hybridized carbons (Fsp3) is 0. The van der Waals surface area contributed by atoms with Crippen LogP contribution in [0.4, 0.5) is 17.1 Å². The summed E-state index contributed by atoms with van der Waals surface area (Å²) in [5.41, 5.74) is 12.9. The topological polar surface area (TPSA) is 3.24 Å². The van der Waals surface area contributed by atoms with Crippen molar-refractivity contribution in [3.8, 4) is 33.4 Å². The molecule has 7 aromatic rings. The zero-order valence-corrected chi connectivity index (χ0v) is 25.0. The summed E-state index contributed by atoms with van der Waals surface area (Å²) in [7, 11) is 0. The zero-order chi connectivity index (χ0) is 30.3. The van der Waals surface area contributed by atoms with E-state index in [0.717, 1.165) is 22.6 Å². The molecule has 0 bridgehead atoms. The minimum Gasteiger partial charge on any atom is -0.310 e. The average molecular weight is 576 g/mol. The van der Waals surface area contributed by atoms with Crippen LogP contribution >= 0.6 is 0 Å². The van der Waals surface area contributed by atoms with Gasteiger partial charge in [0, 0.05) is 16.9 Å². The molecule has 0 aliphatic heterocycles. The van der Waals surface area contributed by atoms with Crippen molar-refractivity contribution in [1.29, 1.82) is 0 Å². The third-order valence-corrected chi connectivity index (χ3v) is 8.10. The first-order valence-electron chi connectivity index (χ1n) is 15.4. The molecule has 0 fully saturated rings. The van der Waals surface area contributed by atoms with E-state index in [1.54, 1.807) is 0 Å². The van der Waals surface area contributed by atoms with Gasteiger partial charge in [0.2, 0.25) is 0 Å². The molecule has 7 rings (SSSR count). The van der Waals surface area contributed by atoms with Crippen LogP contribution in [0.25, 0.3) is 45.5 Å². The van der Waals surface area contributed by atoms with Crippen molar-refractivity contribution < 1.29 is 0 Å². The molecule has 0 saturated carbocycles. The highest BCUT2D eigenvalue weighted by Gasteiger charge is 2.17. The fourth-order valence-electron chi connectivity index (χ4n) is 5.74. The van der Waals surface area contributed by atoms with Crippen LogP contribution in [0.1, 0.15) is 11.1 Å². The molecular weight excluding hydrogens is 542 g/mol. The maximum Gasteiger partial charge on any atom is 0.0540 e. The number of hydrogen-bond donors (Lipinski definition) is 0. The molecule has 0 N–H and O–H groups in total. The van der Waals surface area contributed by atoms with Gasteiger partial charge in [0.05, 0.1) is 5.69 Å². The van der Waals surface area contributed by atoms with Gasteiger partial charge in [0.1, 0.15) is 0 Å². The molecule has 0 aliphatic rings. The third kappa shape index (κ3) is 6.39. The molecule has 0 atom stereocenters. The van der Waals surface area contributed by atoms with Crippen LogP contribution in [-0.4, -0.2) is 0 Å². The predicted octanol–water partition coefficient (Wildman–Crippen LogP) is 12.3. The van der Waals surface area contributed by atoms with Gasteiger partial charge in [0.25, 0.3) is 0 Å². The van der Waals surface area contributed by atoms with Gasteiger partial charge in [-0.15, -0.1) is 0 Å². The van der Waals surface area contributed by atoms with E-state index in [1.165, 1.54) is 38.9 Å². The lowest BCUT2D eigenvalue weighted by Crippen LogP contribution is -2.11. The van der Waals surface area contributed by atoms with E-state index in [4.69, 9.17) is 0 Å². The van der Waals surface area contributed by atoms with Gasteiger partial charge in [-0.25, -0.2) is 0 Å². The Kier molecular flexibility index (Phi) is 8.15. The fourth-order valence-corrected chi connectivity index (χ4v) is 5.74. The van der Waals surface area contributed by atoms with Crippen LogP contribution in [0.15, 0.2) is 188 Å². The Bertz CT molecular complexity index is 1990. The standard InChI is InChI=1S/C44H33N/c1-4-12-34(13-5-1)20-21-35-22-30-41(31-23-35)45(44-19-11-10-18-43(44)40-16-8-3-9-17-40)42-32-28-39(29-33-42)38-26-24-37(25-27-38)36-14-6-2-7-15-36/h1-33H. The van der Waals surface area contributed by atoms with E-state index in [2.05, 4.69) is 199 Å². The Hall–Kier alpha value is -5.92. The molecule has 1 nitrogen and oxygen atoms in total. The molecule has 0 aliphatic carbocycles. The van der Waals surface area contributed by atoms with Crippen molar-refractivity contribution in [3.05, 3.63) is 199 Å². The SMILES string of the molecule is C(=Cc1ccc(N(c2ccc(-c3ccc(-c4ccccc4)cc3)cc2)c2ccccc2-c2ccccc2)cc1)c1ccccc1. The van der Waals surface area contributed by atoms with Crippen LogP contribution in [0.3, 0.4) is 0 Å². The Labute approximate surface area is 266 Å². The van der Waals surface area contributed by atoms with Crippen LogP contribution in [0.2, 0.25) is 0 Å². The molecule has 45 heavy (non-hydrogen) atoms. The van der Waals surface area contributed by atoms with E-state index in [9.17, 15) is 0 Å². The zero-order valence-electron chi connectivity index (χ0n) is 25.0. The van der Waals surface area contributed by atoms with Gasteiger partial charge in [-0.2, -0.15) is 0 Å². The van der Waals surface area contributed by atoms with Crippen LogP contribution in [0, 0.1) is 0 Å². The number of para-hydroxylation sites is 1. The maximum absolute atomic E-state index is 2.36. The molecule has 214 valence electrons. The third-order valence-electron chi connectivity index (χ3n) is 8.10. The second kappa shape index (κ2) is 13.2. The summed E-state index contributed by atoms with van der Waals surface area (Å²) in [4.78, 5) is 2.36. The first-order valence-corrected chi connectivity index (χ1v) is 15.4. The molecule has 0 amide bonds. The second-order valence-electron chi connectivity index (χ2n) is 11.0. The smallest absolute Gasteiger partial charge is 0.0540 e. The van der Waals surface area contributed by atoms with Crippen molar-refractivity contribution in [2.24, 2.45) is 0 Å². The summed E-state index contributed by atoms with van der Waals surface area (Å²) in [5, 5.41) is 0.